The number of hydrogen-bond donors (Lipinski definition) is 0. The Morgan fingerprint density at radius 1 is 0.400 bits per heavy atom. The third kappa shape index (κ3) is 4.31. The second-order valence-corrected chi connectivity index (χ2v) is 12.3. The topological polar surface area (TPSA) is 81.2 Å². The van der Waals surface area contributed by atoms with Crippen LogP contribution in [0.5, 0.6) is 0 Å². The van der Waals surface area contributed by atoms with Gasteiger partial charge in [-0.1, -0.05) is 91.0 Å². The summed E-state index contributed by atoms with van der Waals surface area (Å²) in [6.07, 6.45) is 0. The molecule has 0 N–H and O–H groups in total. The van der Waals surface area contributed by atoms with Crippen LogP contribution in [0.1, 0.15) is 16.7 Å². The van der Waals surface area contributed by atoms with Crippen molar-refractivity contribution in [2.24, 2.45) is 0 Å². The first-order valence-corrected chi connectivity index (χ1v) is 16.3. The summed E-state index contributed by atoms with van der Waals surface area (Å²) in [6, 6.07) is 57.9. The molecule has 0 saturated heterocycles. The SMILES string of the molecule is N#Cc1ccc(-c2ccccc2-c2ccc(-n3c4ccccc4c4cccc(C#N)c43)cc2)c(-n2c3ccccc3c3cc(C#N)ccc32)c1. The summed E-state index contributed by atoms with van der Waals surface area (Å²) in [5.41, 5.74) is 11.7. The van der Waals surface area contributed by atoms with E-state index in [1.165, 1.54) is 0 Å². The average Bonchev–Trinajstić information content (AvgIpc) is 3.70. The highest BCUT2D eigenvalue weighted by atomic mass is 15.0. The third-order valence-corrected chi connectivity index (χ3v) is 9.64. The quantitative estimate of drug-likeness (QED) is 0.193. The van der Waals surface area contributed by atoms with Gasteiger partial charge in [-0.25, -0.2) is 0 Å². The molecule has 9 aromatic rings. The van der Waals surface area contributed by atoms with Crippen molar-refractivity contribution in [1.29, 1.82) is 15.8 Å². The van der Waals surface area contributed by atoms with Crippen molar-refractivity contribution in [3.8, 4) is 51.8 Å². The highest BCUT2D eigenvalue weighted by molar-refractivity contribution is 6.12. The van der Waals surface area contributed by atoms with Gasteiger partial charge in [0.2, 0.25) is 0 Å². The lowest BCUT2D eigenvalue weighted by atomic mass is 9.92. The number of aromatic nitrogens is 2. The second-order valence-electron chi connectivity index (χ2n) is 12.3. The molecule has 7 aromatic carbocycles. The molecule has 0 amide bonds. The van der Waals surface area contributed by atoms with Crippen molar-refractivity contribution in [1.82, 2.24) is 9.13 Å². The van der Waals surface area contributed by atoms with Gasteiger partial charge in [-0.2, -0.15) is 15.8 Å². The number of nitrogens with zero attached hydrogens (tertiary/aromatic N) is 5. The lowest BCUT2D eigenvalue weighted by molar-refractivity contribution is 1.17. The van der Waals surface area contributed by atoms with Crippen LogP contribution in [0.15, 0.2) is 152 Å². The molecule has 0 unspecified atom stereocenters. The summed E-state index contributed by atoms with van der Waals surface area (Å²) in [5.74, 6) is 0. The Morgan fingerprint density at radius 3 is 1.74 bits per heavy atom. The Morgan fingerprint density at radius 2 is 1.00 bits per heavy atom. The summed E-state index contributed by atoms with van der Waals surface area (Å²) < 4.78 is 4.38. The lowest BCUT2D eigenvalue weighted by Crippen LogP contribution is -1.99. The third-order valence-electron chi connectivity index (χ3n) is 9.64. The molecule has 0 radical (unpaired) electrons. The van der Waals surface area contributed by atoms with Gasteiger partial charge < -0.3 is 9.13 Å². The van der Waals surface area contributed by atoms with E-state index < -0.39 is 0 Å². The monoisotopic (exact) mass is 635 g/mol. The molecule has 0 spiro atoms. The maximum absolute atomic E-state index is 10.0. The molecule has 2 aromatic heterocycles. The van der Waals surface area contributed by atoms with Gasteiger partial charge in [0, 0.05) is 32.8 Å². The fourth-order valence-electron chi connectivity index (χ4n) is 7.45. The van der Waals surface area contributed by atoms with E-state index in [0.717, 1.165) is 77.2 Å². The largest absolute Gasteiger partial charge is 0.309 e. The van der Waals surface area contributed by atoms with Gasteiger partial charge >= 0.3 is 0 Å². The van der Waals surface area contributed by atoms with Crippen molar-refractivity contribution < 1.29 is 0 Å². The van der Waals surface area contributed by atoms with Crippen molar-refractivity contribution in [2.75, 3.05) is 0 Å². The van der Waals surface area contributed by atoms with Crippen LogP contribution in [0, 0.1) is 34.0 Å². The molecule has 9 rings (SSSR count). The molecule has 0 bridgehead atoms. The predicted octanol–water partition coefficient (Wildman–Crippen LogP) is 10.8. The number of para-hydroxylation sites is 3. The molecule has 230 valence electrons. The van der Waals surface area contributed by atoms with Gasteiger partial charge in [0.15, 0.2) is 0 Å². The molecule has 50 heavy (non-hydrogen) atoms. The number of benzene rings is 7. The van der Waals surface area contributed by atoms with Crippen molar-refractivity contribution >= 4 is 43.6 Å². The van der Waals surface area contributed by atoms with E-state index in [1.54, 1.807) is 0 Å². The van der Waals surface area contributed by atoms with Gasteiger partial charge in [-0.15, -0.1) is 0 Å². The van der Waals surface area contributed by atoms with Gasteiger partial charge in [-0.05, 0) is 77.4 Å². The Balaban J connectivity index is 1.24. The maximum Gasteiger partial charge on any atom is 0.101 e. The smallest absolute Gasteiger partial charge is 0.101 e. The van der Waals surface area contributed by atoms with Crippen LogP contribution in [0.3, 0.4) is 0 Å². The molecule has 0 saturated carbocycles. The molecule has 0 fully saturated rings. The van der Waals surface area contributed by atoms with Crippen LogP contribution in [0.2, 0.25) is 0 Å². The summed E-state index contributed by atoms with van der Waals surface area (Å²) in [7, 11) is 0. The summed E-state index contributed by atoms with van der Waals surface area (Å²) in [6.45, 7) is 0. The van der Waals surface area contributed by atoms with E-state index >= 15 is 0 Å². The van der Waals surface area contributed by atoms with Crippen LogP contribution in [-0.4, -0.2) is 9.13 Å². The van der Waals surface area contributed by atoms with Crippen LogP contribution in [0.25, 0.3) is 77.2 Å². The number of hydrogen-bond acceptors (Lipinski definition) is 3. The van der Waals surface area contributed by atoms with Crippen LogP contribution in [0.4, 0.5) is 0 Å². The van der Waals surface area contributed by atoms with Crippen LogP contribution < -0.4 is 0 Å². The van der Waals surface area contributed by atoms with E-state index in [9.17, 15) is 15.8 Å². The molecule has 0 atom stereocenters. The predicted molar refractivity (Wildman–Crippen MR) is 200 cm³/mol. The van der Waals surface area contributed by atoms with Gasteiger partial charge in [0.25, 0.3) is 0 Å². The molecule has 0 aliphatic heterocycles. The van der Waals surface area contributed by atoms with E-state index in [-0.39, 0.29) is 0 Å². The first kappa shape index (κ1) is 28.8. The highest BCUT2D eigenvalue weighted by Crippen LogP contribution is 2.41. The van der Waals surface area contributed by atoms with Gasteiger partial charge in [0.05, 0.1) is 56.6 Å². The fourth-order valence-corrected chi connectivity index (χ4v) is 7.45. The highest BCUT2D eigenvalue weighted by Gasteiger charge is 2.20. The summed E-state index contributed by atoms with van der Waals surface area (Å²) in [4.78, 5) is 0. The van der Waals surface area contributed by atoms with Crippen LogP contribution in [-0.2, 0) is 0 Å². The van der Waals surface area contributed by atoms with Crippen molar-refractivity contribution in [3.63, 3.8) is 0 Å². The zero-order chi connectivity index (χ0) is 33.8. The Kier molecular flexibility index (Phi) is 6.56. The van der Waals surface area contributed by atoms with Crippen LogP contribution >= 0.6 is 0 Å². The zero-order valence-electron chi connectivity index (χ0n) is 26.7. The average molecular weight is 636 g/mol. The first-order chi connectivity index (χ1) is 24.7. The van der Waals surface area contributed by atoms with Crippen molar-refractivity contribution in [2.45, 2.75) is 0 Å². The molecule has 0 aliphatic carbocycles. The Hall–Kier alpha value is -7.39. The minimum absolute atomic E-state index is 0.563. The minimum atomic E-state index is 0.563. The minimum Gasteiger partial charge on any atom is -0.309 e. The van der Waals surface area contributed by atoms with E-state index in [0.29, 0.717) is 16.7 Å². The molecule has 5 nitrogen and oxygen atoms in total. The zero-order valence-corrected chi connectivity index (χ0v) is 26.7. The maximum atomic E-state index is 10.0. The summed E-state index contributed by atoms with van der Waals surface area (Å²) >= 11 is 0. The molecular formula is C45H25N5. The molecule has 5 heteroatoms. The fraction of sp³-hybridized carbons (Fsp3) is 0. The number of fused-ring (bicyclic) bond motifs is 6. The van der Waals surface area contributed by atoms with E-state index in [1.807, 2.05) is 84.9 Å². The number of rotatable bonds is 4. The first-order valence-electron chi connectivity index (χ1n) is 16.3. The molecular weight excluding hydrogens is 611 g/mol. The summed E-state index contributed by atoms with van der Waals surface area (Å²) in [5, 5.41) is 33.9. The van der Waals surface area contributed by atoms with E-state index in [2.05, 4.69) is 94.1 Å². The number of nitriles is 3. The lowest BCUT2D eigenvalue weighted by Gasteiger charge is -2.18. The normalized spacial score (nSPS) is 11.1. The Bertz CT molecular complexity index is 2960. The van der Waals surface area contributed by atoms with Gasteiger partial charge in [-0.3, -0.25) is 0 Å². The van der Waals surface area contributed by atoms with E-state index in [4.69, 9.17) is 0 Å². The Labute approximate surface area is 287 Å². The van der Waals surface area contributed by atoms with Gasteiger partial charge in [0.1, 0.15) is 6.07 Å². The standard InChI is InChI=1S/C45H25N5/c46-26-29-17-23-43-40(24-29)37-12-4-6-15-42(37)50(43)44-25-30(27-47)16-22-38(44)35-10-2-1-9-34(35)31-18-20-33(21-19-31)49-41-14-5-3-11-36(41)39-13-7-8-32(28-48)45(39)49/h1-25H. The molecule has 0 aliphatic rings. The molecule has 2 heterocycles. The van der Waals surface area contributed by atoms with Crippen molar-refractivity contribution in [3.05, 3.63) is 168 Å². The second kappa shape index (κ2) is 11.4.